The molecule has 2 rings (SSSR count). The maximum Gasteiger partial charge on any atom is 0.255 e. The minimum absolute atomic E-state index is 0.0340. The third kappa shape index (κ3) is 3.78. The monoisotopic (exact) mass is 361 g/mol. The maximum atomic E-state index is 13.5. The summed E-state index contributed by atoms with van der Waals surface area (Å²) in [4.78, 5) is 13.0. The van der Waals surface area contributed by atoms with Crippen LogP contribution in [0, 0.1) is 5.82 Å². The van der Waals surface area contributed by atoms with Gasteiger partial charge in [0.2, 0.25) is 0 Å². The van der Waals surface area contributed by atoms with Crippen LogP contribution in [0.1, 0.15) is 15.2 Å². The van der Waals surface area contributed by atoms with Gasteiger partial charge in [-0.1, -0.05) is 17.7 Å². The van der Waals surface area contributed by atoms with Crippen LogP contribution in [0.2, 0.25) is 4.34 Å². The van der Waals surface area contributed by atoms with Crippen LogP contribution in [0.3, 0.4) is 0 Å². The zero-order chi connectivity index (χ0) is 13.8. The molecular formula is C13H10BrClFNOS. The van der Waals surface area contributed by atoms with Gasteiger partial charge >= 0.3 is 0 Å². The van der Waals surface area contributed by atoms with E-state index in [1.807, 2.05) is 12.1 Å². The highest BCUT2D eigenvalue weighted by atomic mass is 79.9. The number of amides is 1. The van der Waals surface area contributed by atoms with Crippen LogP contribution in [0.15, 0.2) is 34.8 Å². The Morgan fingerprint density at radius 1 is 1.37 bits per heavy atom. The lowest BCUT2D eigenvalue weighted by Gasteiger charge is -2.07. The smallest absolute Gasteiger partial charge is 0.255 e. The van der Waals surface area contributed by atoms with Gasteiger partial charge in [-0.15, -0.1) is 11.3 Å². The number of benzene rings is 1. The number of carbonyl (C=O) groups excluding carboxylic acids is 1. The lowest BCUT2D eigenvalue weighted by molar-refractivity contribution is 0.0949. The van der Waals surface area contributed by atoms with Crippen LogP contribution in [0.4, 0.5) is 4.39 Å². The largest absolute Gasteiger partial charge is 0.352 e. The predicted molar refractivity (Wildman–Crippen MR) is 79.5 cm³/mol. The van der Waals surface area contributed by atoms with E-state index in [4.69, 9.17) is 11.6 Å². The van der Waals surface area contributed by atoms with Crippen LogP contribution < -0.4 is 5.32 Å². The molecule has 19 heavy (non-hydrogen) atoms. The zero-order valence-corrected chi connectivity index (χ0v) is 12.9. The highest BCUT2D eigenvalue weighted by Crippen LogP contribution is 2.22. The Labute approximate surface area is 127 Å². The molecule has 0 atom stereocenters. The summed E-state index contributed by atoms with van der Waals surface area (Å²) in [6, 6.07) is 8.18. The molecule has 0 bridgehead atoms. The Morgan fingerprint density at radius 3 is 2.79 bits per heavy atom. The molecule has 0 unspecified atom stereocenters. The molecule has 0 fully saturated rings. The lowest BCUT2D eigenvalue weighted by atomic mass is 10.2. The van der Waals surface area contributed by atoms with Crippen molar-refractivity contribution in [1.29, 1.82) is 0 Å². The Morgan fingerprint density at radius 2 is 2.16 bits per heavy atom. The first kappa shape index (κ1) is 14.5. The van der Waals surface area contributed by atoms with Gasteiger partial charge < -0.3 is 5.32 Å². The summed E-state index contributed by atoms with van der Waals surface area (Å²) < 4.78 is 14.7. The third-order valence-electron chi connectivity index (χ3n) is 2.48. The van der Waals surface area contributed by atoms with Crippen molar-refractivity contribution in [2.45, 2.75) is 6.42 Å². The molecule has 2 aromatic rings. The number of thiophene rings is 1. The van der Waals surface area contributed by atoms with Gasteiger partial charge in [0.15, 0.2) is 0 Å². The van der Waals surface area contributed by atoms with E-state index in [9.17, 15) is 9.18 Å². The topological polar surface area (TPSA) is 29.1 Å². The Hall–Kier alpha value is -0.910. The molecule has 2 nitrogen and oxygen atoms in total. The molecule has 0 spiro atoms. The number of carbonyl (C=O) groups is 1. The van der Waals surface area contributed by atoms with Crippen LogP contribution >= 0.6 is 38.9 Å². The van der Waals surface area contributed by atoms with E-state index in [-0.39, 0.29) is 5.56 Å². The summed E-state index contributed by atoms with van der Waals surface area (Å²) in [6.45, 7) is 0.441. The van der Waals surface area contributed by atoms with Crippen molar-refractivity contribution in [1.82, 2.24) is 5.32 Å². The van der Waals surface area contributed by atoms with Crippen LogP contribution in [-0.2, 0) is 6.42 Å². The van der Waals surface area contributed by atoms with Gasteiger partial charge in [-0.2, -0.15) is 0 Å². The van der Waals surface area contributed by atoms with Crippen LogP contribution in [0.25, 0.3) is 0 Å². The van der Waals surface area contributed by atoms with Gasteiger partial charge in [-0.25, -0.2) is 4.39 Å². The van der Waals surface area contributed by atoms with Crippen molar-refractivity contribution >= 4 is 44.8 Å². The van der Waals surface area contributed by atoms with Crippen molar-refractivity contribution in [2.24, 2.45) is 0 Å². The second-order valence-corrected chi connectivity index (χ2v) is 6.46. The van der Waals surface area contributed by atoms with E-state index in [0.29, 0.717) is 17.4 Å². The maximum absolute atomic E-state index is 13.5. The molecule has 1 aromatic heterocycles. The minimum Gasteiger partial charge on any atom is -0.352 e. The molecule has 0 aliphatic heterocycles. The van der Waals surface area contributed by atoms with E-state index < -0.39 is 11.7 Å². The lowest BCUT2D eigenvalue weighted by Crippen LogP contribution is -2.26. The Balaban J connectivity index is 1.94. The molecule has 6 heteroatoms. The van der Waals surface area contributed by atoms with Crippen molar-refractivity contribution in [3.63, 3.8) is 0 Å². The summed E-state index contributed by atoms with van der Waals surface area (Å²) in [6.07, 6.45) is 0.676. The van der Waals surface area contributed by atoms with E-state index in [1.54, 1.807) is 12.1 Å². The molecule has 1 amide bonds. The van der Waals surface area contributed by atoms with Gasteiger partial charge in [-0.3, -0.25) is 4.79 Å². The molecule has 0 saturated heterocycles. The highest BCUT2D eigenvalue weighted by Gasteiger charge is 2.14. The summed E-state index contributed by atoms with van der Waals surface area (Å²) >= 11 is 10.5. The van der Waals surface area contributed by atoms with Gasteiger partial charge in [0, 0.05) is 15.9 Å². The number of hydrogen-bond acceptors (Lipinski definition) is 2. The molecule has 1 aromatic carbocycles. The number of rotatable bonds is 4. The van der Waals surface area contributed by atoms with Crippen molar-refractivity contribution in [2.75, 3.05) is 6.54 Å². The van der Waals surface area contributed by atoms with Gasteiger partial charge in [-0.05, 0) is 46.6 Å². The van der Waals surface area contributed by atoms with Crippen molar-refractivity contribution < 1.29 is 9.18 Å². The number of nitrogens with one attached hydrogen (secondary N) is 1. The standard InChI is InChI=1S/C13H10BrClFNOS/c14-9-2-1-3-10(16)12(9)13(18)17-7-6-8-4-5-11(15)19-8/h1-5H,6-7H2,(H,17,18). The summed E-state index contributed by atoms with van der Waals surface area (Å²) in [5.41, 5.74) is 0.0340. The number of hydrogen-bond donors (Lipinski definition) is 1. The summed E-state index contributed by atoms with van der Waals surface area (Å²) in [5.74, 6) is -0.960. The molecule has 0 radical (unpaired) electrons. The molecule has 0 aliphatic rings. The Bertz CT molecular complexity index is 582. The fraction of sp³-hybridized carbons (Fsp3) is 0.154. The fourth-order valence-corrected chi connectivity index (χ4v) is 3.20. The molecular weight excluding hydrogens is 353 g/mol. The van der Waals surface area contributed by atoms with Crippen molar-refractivity contribution in [3.8, 4) is 0 Å². The summed E-state index contributed by atoms with van der Waals surface area (Å²) in [7, 11) is 0. The highest BCUT2D eigenvalue weighted by molar-refractivity contribution is 9.10. The normalized spacial score (nSPS) is 10.5. The second-order valence-electron chi connectivity index (χ2n) is 3.81. The molecule has 0 saturated carbocycles. The van der Waals surface area contributed by atoms with E-state index in [0.717, 1.165) is 9.21 Å². The van der Waals surface area contributed by atoms with Gasteiger partial charge in [0.1, 0.15) is 5.82 Å². The molecule has 0 aliphatic carbocycles. The average Bonchev–Trinajstić information content (AvgIpc) is 2.75. The number of halogens is 3. The van der Waals surface area contributed by atoms with E-state index in [2.05, 4.69) is 21.2 Å². The van der Waals surface area contributed by atoms with Crippen LogP contribution in [0.5, 0.6) is 0 Å². The Kier molecular flexibility index (Phi) is 4.96. The molecule has 1 N–H and O–H groups in total. The quantitative estimate of drug-likeness (QED) is 0.864. The third-order valence-corrected chi connectivity index (χ3v) is 4.43. The van der Waals surface area contributed by atoms with Crippen LogP contribution in [-0.4, -0.2) is 12.5 Å². The summed E-state index contributed by atoms with van der Waals surface area (Å²) in [5, 5.41) is 2.69. The zero-order valence-electron chi connectivity index (χ0n) is 9.75. The second kappa shape index (κ2) is 6.50. The van der Waals surface area contributed by atoms with Crippen molar-refractivity contribution in [3.05, 3.63) is 55.4 Å². The first-order valence-corrected chi connectivity index (χ1v) is 7.53. The first-order chi connectivity index (χ1) is 9.08. The van der Waals surface area contributed by atoms with E-state index >= 15 is 0 Å². The average molecular weight is 363 g/mol. The SMILES string of the molecule is O=C(NCCc1ccc(Cl)s1)c1c(F)cccc1Br. The first-order valence-electron chi connectivity index (χ1n) is 5.54. The minimum atomic E-state index is -0.536. The predicted octanol–water partition coefficient (Wildman–Crippen LogP) is 4.28. The van der Waals surface area contributed by atoms with E-state index in [1.165, 1.54) is 17.4 Å². The van der Waals surface area contributed by atoms with Gasteiger partial charge in [0.05, 0.1) is 9.90 Å². The molecule has 100 valence electrons. The van der Waals surface area contributed by atoms with Gasteiger partial charge in [0.25, 0.3) is 5.91 Å². The molecule has 1 heterocycles. The fourth-order valence-electron chi connectivity index (χ4n) is 1.59.